The summed E-state index contributed by atoms with van der Waals surface area (Å²) in [6, 6.07) is 14.0. The van der Waals surface area contributed by atoms with Gasteiger partial charge in [-0.05, 0) is 55.5 Å². The molecule has 110 valence electrons. The summed E-state index contributed by atoms with van der Waals surface area (Å²) in [6.07, 6.45) is -0.655. The van der Waals surface area contributed by atoms with Gasteiger partial charge < -0.3 is 14.2 Å². The minimum atomic E-state index is -0.655. The molecule has 5 heteroatoms. The first-order valence-corrected chi connectivity index (χ1v) is 6.74. The van der Waals surface area contributed by atoms with E-state index in [-0.39, 0.29) is 0 Å². The Labute approximate surface area is 128 Å². The molecule has 2 rings (SSSR count). The van der Waals surface area contributed by atoms with Gasteiger partial charge >= 0.3 is 5.97 Å². The van der Waals surface area contributed by atoms with Crippen LogP contribution < -0.4 is 9.47 Å². The van der Waals surface area contributed by atoms with Gasteiger partial charge in [0.05, 0.1) is 7.11 Å². The lowest BCUT2D eigenvalue weighted by Gasteiger charge is -2.12. The van der Waals surface area contributed by atoms with Gasteiger partial charge in [0, 0.05) is 5.02 Å². The number of rotatable bonds is 5. The van der Waals surface area contributed by atoms with E-state index < -0.39 is 12.1 Å². The number of hydrogen-bond donors (Lipinski definition) is 0. The second-order valence-electron chi connectivity index (χ2n) is 4.31. The summed E-state index contributed by atoms with van der Waals surface area (Å²) in [5, 5.41) is 0.655. The molecule has 0 amide bonds. The largest absolute Gasteiger partial charge is 0.479 e. The van der Waals surface area contributed by atoms with E-state index in [1.807, 2.05) is 0 Å². The van der Waals surface area contributed by atoms with Crippen LogP contribution in [0.15, 0.2) is 48.5 Å². The van der Waals surface area contributed by atoms with Crippen molar-refractivity contribution in [2.24, 2.45) is 0 Å². The van der Waals surface area contributed by atoms with Crippen molar-refractivity contribution >= 4 is 17.6 Å². The van der Waals surface area contributed by atoms with Crippen molar-refractivity contribution < 1.29 is 19.0 Å². The summed E-state index contributed by atoms with van der Waals surface area (Å²) < 4.78 is 15.7. The molecule has 0 radical (unpaired) electrons. The maximum absolute atomic E-state index is 11.3. The molecule has 2 aromatic rings. The van der Waals surface area contributed by atoms with Crippen molar-refractivity contribution in [3.8, 4) is 17.2 Å². The van der Waals surface area contributed by atoms with E-state index in [4.69, 9.17) is 21.1 Å². The predicted octanol–water partition coefficient (Wildman–Crippen LogP) is 4.07. The fraction of sp³-hybridized carbons (Fsp3) is 0.188. The van der Waals surface area contributed by atoms with E-state index in [9.17, 15) is 4.79 Å². The zero-order valence-corrected chi connectivity index (χ0v) is 12.5. The summed E-state index contributed by atoms with van der Waals surface area (Å²) in [5.74, 6) is 1.50. The van der Waals surface area contributed by atoms with Crippen LogP contribution in [0.25, 0.3) is 0 Å². The normalized spacial score (nSPS) is 11.6. The van der Waals surface area contributed by atoms with Crippen molar-refractivity contribution in [1.82, 2.24) is 0 Å². The third kappa shape index (κ3) is 4.39. The van der Waals surface area contributed by atoms with Gasteiger partial charge in [0.1, 0.15) is 17.2 Å². The molecule has 0 saturated carbocycles. The molecule has 0 spiro atoms. The SMILES string of the molecule is COC(=O)[C@@H](C)Oc1ccc(Oc2ccc(Cl)cc2)cc1. The topological polar surface area (TPSA) is 44.8 Å². The highest BCUT2D eigenvalue weighted by Crippen LogP contribution is 2.25. The lowest BCUT2D eigenvalue weighted by Crippen LogP contribution is -2.24. The van der Waals surface area contributed by atoms with E-state index in [0.29, 0.717) is 22.3 Å². The molecule has 2 aromatic carbocycles. The Kier molecular flexibility index (Phi) is 5.06. The van der Waals surface area contributed by atoms with Gasteiger partial charge in [-0.1, -0.05) is 11.6 Å². The van der Waals surface area contributed by atoms with E-state index in [1.54, 1.807) is 55.5 Å². The molecule has 21 heavy (non-hydrogen) atoms. The van der Waals surface area contributed by atoms with Gasteiger partial charge in [-0.25, -0.2) is 4.79 Å². The number of carbonyl (C=O) groups excluding carboxylic acids is 1. The van der Waals surface area contributed by atoms with Crippen molar-refractivity contribution in [3.63, 3.8) is 0 Å². The molecule has 0 unspecified atom stereocenters. The second-order valence-corrected chi connectivity index (χ2v) is 4.75. The first kappa shape index (κ1) is 15.2. The van der Waals surface area contributed by atoms with Crippen LogP contribution in [0.5, 0.6) is 17.2 Å². The standard InChI is InChI=1S/C16H15ClO4/c1-11(16(18)19-2)20-13-7-9-15(10-8-13)21-14-5-3-12(17)4-6-14/h3-11H,1-2H3/t11-/m1/s1. The molecule has 0 fully saturated rings. The van der Waals surface area contributed by atoms with Gasteiger partial charge in [-0.3, -0.25) is 0 Å². The van der Waals surface area contributed by atoms with Crippen molar-refractivity contribution in [2.75, 3.05) is 7.11 Å². The zero-order valence-electron chi connectivity index (χ0n) is 11.7. The molecule has 0 saturated heterocycles. The van der Waals surface area contributed by atoms with E-state index in [0.717, 1.165) is 0 Å². The third-order valence-electron chi connectivity index (χ3n) is 2.72. The molecule has 0 aliphatic heterocycles. The predicted molar refractivity (Wildman–Crippen MR) is 80.1 cm³/mol. The van der Waals surface area contributed by atoms with Gasteiger partial charge in [0.25, 0.3) is 0 Å². The van der Waals surface area contributed by atoms with Gasteiger partial charge in [0.2, 0.25) is 0 Å². The summed E-state index contributed by atoms with van der Waals surface area (Å²) in [5.41, 5.74) is 0. The Bertz CT molecular complexity index is 593. The number of halogens is 1. The van der Waals surface area contributed by atoms with Gasteiger partial charge in [0.15, 0.2) is 6.10 Å². The van der Waals surface area contributed by atoms with Crippen LogP contribution in [0.4, 0.5) is 0 Å². The average molecular weight is 307 g/mol. The van der Waals surface area contributed by atoms with Crippen LogP contribution in [0, 0.1) is 0 Å². The lowest BCUT2D eigenvalue weighted by atomic mass is 10.3. The highest BCUT2D eigenvalue weighted by atomic mass is 35.5. The molecule has 0 aliphatic carbocycles. The minimum absolute atomic E-state index is 0.420. The van der Waals surface area contributed by atoms with Crippen LogP contribution in [0.3, 0.4) is 0 Å². The quantitative estimate of drug-likeness (QED) is 0.781. The van der Waals surface area contributed by atoms with Crippen LogP contribution >= 0.6 is 11.6 Å². The van der Waals surface area contributed by atoms with Crippen LogP contribution in [-0.2, 0) is 9.53 Å². The molecular weight excluding hydrogens is 292 g/mol. The van der Waals surface area contributed by atoms with E-state index in [2.05, 4.69) is 4.74 Å². The Morgan fingerprint density at radius 3 is 1.95 bits per heavy atom. The van der Waals surface area contributed by atoms with Gasteiger partial charge in [-0.15, -0.1) is 0 Å². The third-order valence-corrected chi connectivity index (χ3v) is 2.97. The first-order valence-electron chi connectivity index (χ1n) is 6.36. The molecule has 0 aromatic heterocycles. The lowest BCUT2D eigenvalue weighted by molar-refractivity contribution is -0.147. The fourth-order valence-corrected chi connectivity index (χ4v) is 1.77. The first-order chi connectivity index (χ1) is 10.1. The molecule has 1 atom stereocenters. The summed E-state index contributed by atoms with van der Waals surface area (Å²) in [4.78, 5) is 11.3. The molecule has 0 N–H and O–H groups in total. The molecular formula is C16H15ClO4. The zero-order chi connectivity index (χ0) is 15.2. The number of esters is 1. The number of methoxy groups -OCH3 is 1. The Balaban J connectivity index is 1.98. The highest BCUT2D eigenvalue weighted by molar-refractivity contribution is 6.30. The van der Waals surface area contributed by atoms with Crippen LogP contribution in [0.1, 0.15) is 6.92 Å². The van der Waals surface area contributed by atoms with Crippen LogP contribution in [0.2, 0.25) is 5.02 Å². The van der Waals surface area contributed by atoms with E-state index in [1.165, 1.54) is 7.11 Å². The Morgan fingerprint density at radius 2 is 1.43 bits per heavy atom. The maximum atomic E-state index is 11.3. The molecule has 0 aliphatic rings. The summed E-state index contributed by atoms with van der Waals surface area (Å²) in [7, 11) is 1.32. The molecule has 4 nitrogen and oxygen atoms in total. The van der Waals surface area contributed by atoms with Crippen molar-refractivity contribution in [3.05, 3.63) is 53.6 Å². The van der Waals surface area contributed by atoms with Crippen molar-refractivity contribution in [2.45, 2.75) is 13.0 Å². The molecule has 0 heterocycles. The summed E-state index contributed by atoms with van der Waals surface area (Å²) in [6.45, 7) is 1.63. The number of ether oxygens (including phenoxy) is 3. The highest BCUT2D eigenvalue weighted by Gasteiger charge is 2.14. The number of benzene rings is 2. The minimum Gasteiger partial charge on any atom is -0.479 e. The van der Waals surface area contributed by atoms with Crippen LogP contribution in [-0.4, -0.2) is 19.2 Å². The smallest absolute Gasteiger partial charge is 0.346 e. The number of hydrogen-bond acceptors (Lipinski definition) is 4. The van der Waals surface area contributed by atoms with E-state index >= 15 is 0 Å². The van der Waals surface area contributed by atoms with Crippen molar-refractivity contribution in [1.29, 1.82) is 0 Å². The summed E-state index contributed by atoms with van der Waals surface area (Å²) >= 11 is 5.81. The average Bonchev–Trinajstić information content (AvgIpc) is 2.50. The monoisotopic (exact) mass is 306 g/mol. The Morgan fingerprint density at radius 1 is 0.952 bits per heavy atom. The maximum Gasteiger partial charge on any atom is 0.346 e. The fourth-order valence-electron chi connectivity index (χ4n) is 1.64. The Hall–Kier alpha value is -2.20. The number of carbonyl (C=O) groups is 1. The second kappa shape index (κ2) is 6.99. The molecule has 0 bridgehead atoms. The van der Waals surface area contributed by atoms with Gasteiger partial charge in [-0.2, -0.15) is 0 Å².